The number of rotatable bonds is 9. The lowest BCUT2D eigenvalue weighted by atomic mass is 10.3. The quantitative estimate of drug-likeness (QED) is 0.537. The molecule has 0 amide bonds. The summed E-state index contributed by atoms with van der Waals surface area (Å²) in [5.74, 6) is -3.54. The molecule has 0 bridgehead atoms. The highest BCUT2D eigenvalue weighted by molar-refractivity contribution is 7.93. The number of sulfonamides is 2. The predicted molar refractivity (Wildman–Crippen MR) is 92.5 cm³/mol. The van der Waals surface area contributed by atoms with E-state index in [1.165, 1.54) is 20.1 Å². The smallest absolute Gasteiger partial charge is 0.273 e. The molecule has 0 aromatic heterocycles. The van der Waals surface area contributed by atoms with Crippen LogP contribution in [-0.2, 0) is 20.0 Å². The Morgan fingerprint density at radius 1 is 1.24 bits per heavy atom. The van der Waals surface area contributed by atoms with Crippen LogP contribution in [0.15, 0.2) is 23.1 Å². The van der Waals surface area contributed by atoms with Crippen LogP contribution in [0.25, 0.3) is 0 Å². The number of anilines is 1. The zero-order valence-electron chi connectivity index (χ0n) is 13.5. The second kappa shape index (κ2) is 8.94. The highest BCUT2D eigenvalue weighted by Gasteiger charge is 2.30. The number of hydrogen-bond acceptors (Lipinski definition) is 6. The number of methoxy groups -OCH3 is 1. The van der Waals surface area contributed by atoms with E-state index in [2.05, 4.69) is 4.72 Å². The molecule has 0 radical (unpaired) electrons. The first-order valence-corrected chi connectivity index (χ1v) is 9.86. The van der Waals surface area contributed by atoms with Gasteiger partial charge in [-0.15, -0.1) is 12.4 Å². The van der Waals surface area contributed by atoms with Gasteiger partial charge in [-0.1, -0.05) is 0 Å². The summed E-state index contributed by atoms with van der Waals surface area (Å²) in [6.45, 7) is -0.887. The Morgan fingerprint density at radius 3 is 2.32 bits per heavy atom. The minimum atomic E-state index is -4.41. The lowest BCUT2D eigenvalue weighted by Gasteiger charge is -2.17. The monoisotopic (exact) mass is 423 g/mol. The van der Waals surface area contributed by atoms with Gasteiger partial charge in [-0.25, -0.2) is 30.3 Å². The molecule has 1 aromatic rings. The number of benzene rings is 1. The molecule has 0 atom stereocenters. The molecule has 0 heterocycles. The maximum absolute atomic E-state index is 13.2. The fraction of sp³-hybridized carbons (Fsp3) is 0.500. The highest BCUT2D eigenvalue weighted by Crippen LogP contribution is 2.27. The van der Waals surface area contributed by atoms with E-state index in [9.17, 15) is 25.6 Å². The fourth-order valence-electron chi connectivity index (χ4n) is 1.54. The number of nitrogens with two attached hydrogens (primary N) is 1. The summed E-state index contributed by atoms with van der Waals surface area (Å²) in [6.07, 6.45) is 0. The Hall–Kier alpha value is -1.21. The summed E-state index contributed by atoms with van der Waals surface area (Å²) >= 11 is 0. The Balaban J connectivity index is 0.00000576. The third-order valence-electron chi connectivity index (χ3n) is 2.94. The van der Waals surface area contributed by atoms with Gasteiger partial charge in [-0.2, -0.15) is 0 Å². The Morgan fingerprint density at radius 2 is 1.84 bits per heavy atom. The molecule has 0 saturated carbocycles. The molecule has 0 aliphatic heterocycles. The van der Waals surface area contributed by atoms with Gasteiger partial charge >= 0.3 is 0 Å². The summed E-state index contributed by atoms with van der Waals surface area (Å²) in [5, 5.41) is 0. The van der Waals surface area contributed by atoms with Crippen molar-refractivity contribution in [2.24, 2.45) is 5.73 Å². The van der Waals surface area contributed by atoms with Crippen LogP contribution in [0.4, 0.5) is 14.5 Å². The molecule has 1 rings (SSSR count). The van der Waals surface area contributed by atoms with Crippen molar-refractivity contribution in [2.45, 2.75) is 17.7 Å². The molecular formula is C12H20ClF2N3O5S2. The van der Waals surface area contributed by atoms with E-state index < -0.39 is 44.0 Å². The molecule has 0 unspecified atom stereocenters. The topological polar surface area (TPSA) is 128 Å². The van der Waals surface area contributed by atoms with Crippen molar-refractivity contribution in [1.82, 2.24) is 4.72 Å². The molecule has 0 saturated heterocycles. The van der Waals surface area contributed by atoms with E-state index in [4.69, 9.17) is 10.5 Å². The molecule has 4 N–H and O–H groups in total. The SMILES string of the molecule is CCS(=O)(=O)Nc1cc(OC)ccc1S(=O)(=O)NCC(F)(F)CN.Cl. The predicted octanol–water partition coefficient (Wildman–Crippen LogP) is 0.751. The van der Waals surface area contributed by atoms with E-state index in [1.807, 2.05) is 0 Å². The lowest BCUT2D eigenvalue weighted by Crippen LogP contribution is -2.41. The van der Waals surface area contributed by atoms with Crippen LogP contribution in [0.3, 0.4) is 0 Å². The van der Waals surface area contributed by atoms with Crippen LogP contribution in [0.5, 0.6) is 5.75 Å². The second-order valence-corrected chi connectivity index (χ2v) is 8.50. The van der Waals surface area contributed by atoms with Crippen molar-refractivity contribution in [2.75, 3.05) is 30.7 Å². The average molecular weight is 424 g/mol. The third kappa shape index (κ3) is 6.90. The molecule has 0 aliphatic carbocycles. The maximum Gasteiger partial charge on any atom is 0.273 e. The molecule has 13 heteroatoms. The Bertz CT molecular complexity index is 788. The molecular weight excluding hydrogens is 404 g/mol. The first kappa shape index (κ1) is 23.8. The minimum Gasteiger partial charge on any atom is -0.497 e. The minimum absolute atomic E-state index is 0. The average Bonchev–Trinajstić information content (AvgIpc) is 2.52. The number of hydrogen-bond donors (Lipinski definition) is 3. The van der Waals surface area contributed by atoms with Crippen molar-refractivity contribution in [1.29, 1.82) is 0 Å². The molecule has 8 nitrogen and oxygen atoms in total. The molecule has 25 heavy (non-hydrogen) atoms. The van der Waals surface area contributed by atoms with Crippen LogP contribution in [0.1, 0.15) is 6.92 Å². The van der Waals surface area contributed by atoms with E-state index >= 15 is 0 Å². The Kier molecular flexibility index (Phi) is 8.51. The molecule has 1 aromatic carbocycles. The van der Waals surface area contributed by atoms with Crippen molar-refractivity contribution >= 4 is 38.1 Å². The molecule has 0 fully saturated rings. The standard InChI is InChI=1S/C12H19F2N3O5S2.ClH/c1-3-23(18,19)17-10-6-9(22-2)4-5-11(10)24(20,21)16-8-12(13,14)7-15;/h4-6,16-17H,3,7-8,15H2,1-2H3;1H. The summed E-state index contributed by atoms with van der Waals surface area (Å²) in [4.78, 5) is -0.506. The number of alkyl halides is 2. The zero-order valence-corrected chi connectivity index (χ0v) is 15.9. The van der Waals surface area contributed by atoms with Gasteiger partial charge in [0.2, 0.25) is 20.0 Å². The molecule has 0 spiro atoms. The normalized spacial score (nSPS) is 12.4. The Labute approximate surface area is 151 Å². The summed E-state index contributed by atoms with van der Waals surface area (Å²) in [5.41, 5.74) is 4.54. The van der Waals surface area contributed by atoms with Crippen molar-refractivity contribution < 1.29 is 30.4 Å². The maximum atomic E-state index is 13.2. The van der Waals surface area contributed by atoms with Crippen LogP contribution in [-0.4, -0.2) is 48.7 Å². The van der Waals surface area contributed by atoms with Gasteiger partial charge in [-0.3, -0.25) is 4.72 Å². The lowest BCUT2D eigenvalue weighted by molar-refractivity contribution is 0.0170. The van der Waals surface area contributed by atoms with Crippen LogP contribution < -0.4 is 19.9 Å². The molecule has 0 aliphatic rings. The largest absolute Gasteiger partial charge is 0.497 e. The van der Waals surface area contributed by atoms with Crippen LogP contribution in [0.2, 0.25) is 0 Å². The summed E-state index contributed by atoms with van der Waals surface area (Å²) < 4.78 is 82.9. The first-order valence-electron chi connectivity index (χ1n) is 6.72. The van der Waals surface area contributed by atoms with Gasteiger partial charge in [0.1, 0.15) is 10.6 Å². The van der Waals surface area contributed by atoms with Gasteiger partial charge in [0.05, 0.1) is 31.6 Å². The number of halogens is 3. The van der Waals surface area contributed by atoms with Crippen molar-refractivity contribution in [3.63, 3.8) is 0 Å². The fourth-order valence-corrected chi connectivity index (χ4v) is 3.46. The van der Waals surface area contributed by atoms with Crippen molar-refractivity contribution in [3.8, 4) is 5.75 Å². The first-order chi connectivity index (χ1) is 11.0. The number of nitrogens with one attached hydrogen (secondary N) is 2. The van der Waals surface area contributed by atoms with E-state index in [1.54, 1.807) is 4.72 Å². The van der Waals surface area contributed by atoms with E-state index in [0.29, 0.717) is 0 Å². The van der Waals surface area contributed by atoms with E-state index in [0.717, 1.165) is 12.1 Å². The van der Waals surface area contributed by atoms with Crippen molar-refractivity contribution in [3.05, 3.63) is 18.2 Å². The molecule has 146 valence electrons. The number of ether oxygens (including phenoxy) is 1. The summed E-state index contributed by atoms with van der Waals surface area (Å²) in [7, 11) is -6.89. The van der Waals surface area contributed by atoms with Gasteiger partial charge in [0, 0.05) is 6.07 Å². The van der Waals surface area contributed by atoms with Gasteiger partial charge in [0.15, 0.2) is 0 Å². The van der Waals surface area contributed by atoms with Gasteiger partial charge in [0.25, 0.3) is 5.92 Å². The van der Waals surface area contributed by atoms with E-state index in [-0.39, 0.29) is 29.6 Å². The van der Waals surface area contributed by atoms with Crippen LogP contribution >= 0.6 is 12.4 Å². The summed E-state index contributed by atoms with van der Waals surface area (Å²) in [6, 6.07) is 3.46. The van der Waals surface area contributed by atoms with Crippen LogP contribution in [0, 0.1) is 0 Å². The highest BCUT2D eigenvalue weighted by atomic mass is 35.5. The second-order valence-electron chi connectivity index (χ2n) is 4.75. The third-order valence-corrected chi connectivity index (χ3v) is 5.69. The zero-order chi connectivity index (χ0) is 18.6. The van der Waals surface area contributed by atoms with Gasteiger partial charge < -0.3 is 10.5 Å². The van der Waals surface area contributed by atoms with Gasteiger partial charge in [-0.05, 0) is 19.1 Å².